The number of para-hydroxylation sites is 1. The molecule has 6 rings (SSSR count). The van der Waals surface area contributed by atoms with Crippen LogP contribution in [-0.2, 0) is 28.5 Å². The zero-order valence-electron chi connectivity index (χ0n) is 21.4. The second kappa shape index (κ2) is 8.80. The SMILES string of the molecule is CC1(C)OC[C@H]([C@H]2OC(=O)N([C@@H]3C(=O)N(c4ccccc4)[C@H]3c3ccccc3)[C@@H]2[C@H]2COC(C)(C)O2)O1. The lowest BCUT2D eigenvalue weighted by molar-refractivity contribution is -0.163. The van der Waals surface area contributed by atoms with Gasteiger partial charge in [-0.1, -0.05) is 48.5 Å². The van der Waals surface area contributed by atoms with Crippen LogP contribution in [0.4, 0.5) is 10.5 Å². The van der Waals surface area contributed by atoms with Crippen molar-refractivity contribution in [3.8, 4) is 0 Å². The first-order valence-corrected chi connectivity index (χ1v) is 12.7. The summed E-state index contributed by atoms with van der Waals surface area (Å²) in [7, 11) is 0. The number of hydrogen-bond donors (Lipinski definition) is 0. The fraction of sp³-hybridized carbons (Fsp3) is 0.500. The number of nitrogens with zero attached hydrogens (tertiary/aromatic N) is 2. The molecule has 0 bridgehead atoms. The van der Waals surface area contributed by atoms with Crippen molar-refractivity contribution in [2.75, 3.05) is 18.1 Å². The topological polar surface area (TPSA) is 86.8 Å². The molecule has 4 aliphatic rings. The molecule has 0 radical (unpaired) electrons. The van der Waals surface area contributed by atoms with Crippen LogP contribution in [0.15, 0.2) is 60.7 Å². The van der Waals surface area contributed by atoms with Gasteiger partial charge in [-0.3, -0.25) is 9.69 Å². The van der Waals surface area contributed by atoms with Crippen LogP contribution in [0.3, 0.4) is 0 Å². The van der Waals surface area contributed by atoms with Gasteiger partial charge in [0.15, 0.2) is 17.7 Å². The molecule has 2 amide bonds. The molecule has 0 saturated carbocycles. The van der Waals surface area contributed by atoms with E-state index in [9.17, 15) is 9.59 Å². The molecule has 4 aliphatic heterocycles. The highest BCUT2D eigenvalue weighted by molar-refractivity contribution is 6.07. The van der Waals surface area contributed by atoms with Crippen LogP contribution < -0.4 is 4.90 Å². The van der Waals surface area contributed by atoms with Crippen LogP contribution in [0.1, 0.15) is 39.3 Å². The molecule has 4 fully saturated rings. The number of ether oxygens (including phenoxy) is 5. The highest BCUT2D eigenvalue weighted by Gasteiger charge is 2.63. The number of carbonyl (C=O) groups is 2. The Kier molecular flexibility index (Phi) is 5.80. The molecular formula is C28H32N2O7. The summed E-state index contributed by atoms with van der Waals surface area (Å²) < 4.78 is 30.0. The zero-order chi connectivity index (χ0) is 25.9. The Bertz CT molecular complexity index is 1170. The van der Waals surface area contributed by atoms with Crippen LogP contribution in [0.5, 0.6) is 0 Å². The number of amides is 2. The second-order valence-corrected chi connectivity index (χ2v) is 10.8. The zero-order valence-corrected chi connectivity index (χ0v) is 21.4. The minimum Gasteiger partial charge on any atom is -0.441 e. The van der Waals surface area contributed by atoms with Gasteiger partial charge in [-0.2, -0.15) is 0 Å². The Morgan fingerprint density at radius 1 is 0.757 bits per heavy atom. The third-order valence-electron chi connectivity index (χ3n) is 7.46. The van der Waals surface area contributed by atoms with Gasteiger partial charge in [0.05, 0.1) is 19.3 Å². The lowest BCUT2D eigenvalue weighted by Crippen LogP contribution is -2.69. The molecular weight excluding hydrogens is 476 g/mol. The highest BCUT2D eigenvalue weighted by atomic mass is 16.8. The number of carbonyl (C=O) groups excluding carboxylic acids is 2. The summed E-state index contributed by atoms with van der Waals surface area (Å²) in [6.07, 6.45) is -2.26. The quantitative estimate of drug-likeness (QED) is 0.570. The third-order valence-corrected chi connectivity index (χ3v) is 7.46. The van der Waals surface area contributed by atoms with E-state index in [4.69, 9.17) is 23.7 Å². The van der Waals surface area contributed by atoms with Gasteiger partial charge in [-0.25, -0.2) is 4.79 Å². The predicted molar refractivity (Wildman–Crippen MR) is 133 cm³/mol. The van der Waals surface area contributed by atoms with E-state index in [0.717, 1.165) is 11.3 Å². The first-order valence-electron chi connectivity index (χ1n) is 12.7. The Balaban J connectivity index is 1.39. The largest absolute Gasteiger partial charge is 0.441 e. The van der Waals surface area contributed by atoms with Crippen molar-refractivity contribution in [2.45, 2.75) is 75.7 Å². The van der Waals surface area contributed by atoms with Crippen LogP contribution >= 0.6 is 0 Å². The third kappa shape index (κ3) is 4.20. The molecule has 0 unspecified atom stereocenters. The number of cyclic esters (lactones) is 1. The van der Waals surface area contributed by atoms with Crippen molar-refractivity contribution in [1.29, 1.82) is 0 Å². The van der Waals surface area contributed by atoms with E-state index < -0.39 is 54.1 Å². The van der Waals surface area contributed by atoms with E-state index in [1.54, 1.807) is 9.80 Å². The minimum absolute atomic E-state index is 0.176. The molecule has 9 nitrogen and oxygen atoms in total. The monoisotopic (exact) mass is 508 g/mol. The lowest BCUT2D eigenvalue weighted by atomic mass is 9.84. The van der Waals surface area contributed by atoms with Crippen molar-refractivity contribution >= 4 is 17.7 Å². The van der Waals surface area contributed by atoms with Gasteiger partial charge in [0.2, 0.25) is 0 Å². The maximum atomic E-state index is 13.8. The Labute approximate surface area is 216 Å². The molecule has 196 valence electrons. The maximum absolute atomic E-state index is 13.8. The second-order valence-electron chi connectivity index (χ2n) is 10.8. The Morgan fingerprint density at radius 3 is 1.89 bits per heavy atom. The van der Waals surface area contributed by atoms with E-state index in [1.165, 1.54) is 0 Å². The molecule has 0 aromatic heterocycles. The summed E-state index contributed by atoms with van der Waals surface area (Å²) in [5, 5.41) is 0. The molecule has 2 aromatic carbocycles. The Morgan fingerprint density at radius 2 is 1.32 bits per heavy atom. The maximum Gasteiger partial charge on any atom is 0.411 e. The Hall–Kier alpha value is -2.98. The summed E-state index contributed by atoms with van der Waals surface area (Å²) in [6, 6.07) is 17.5. The number of benzene rings is 2. The van der Waals surface area contributed by atoms with Crippen LogP contribution in [0.25, 0.3) is 0 Å². The van der Waals surface area contributed by atoms with Gasteiger partial charge in [0.25, 0.3) is 5.91 Å². The average molecular weight is 509 g/mol. The van der Waals surface area contributed by atoms with Crippen molar-refractivity contribution in [2.24, 2.45) is 0 Å². The predicted octanol–water partition coefficient (Wildman–Crippen LogP) is 3.64. The summed E-state index contributed by atoms with van der Waals surface area (Å²) >= 11 is 0. The van der Waals surface area contributed by atoms with Gasteiger partial charge < -0.3 is 28.6 Å². The van der Waals surface area contributed by atoms with Crippen LogP contribution in [-0.4, -0.2) is 72.1 Å². The highest BCUT2D eigenvalue weighted by Crippen LogP contribution is 2.46. The van der Waals surface area contributed by atoms with Gasteiger partial charge in [-0.05, 0) is 45.4 Å². The normalized spacial score (nSPS) is 34.5. The lowest BCUT2D eigenvalue weighted by Gasteiger charge is -2.51. The van der Waals surface area contributed by atoms with Crippen LogP contribution in [0.2, 0.25) is 0 Å². The van der Waals surface area contributed by atoms with Crippen molar-refractivity contribution in [1.82, 2.24) is 4.90 Å². The molecule has 6 atom stereocenters. The van der Waals surface area contributed by atoms with Gasteiger partial charge >= 0.3 is 6.09 Å². The van der Waals surface area contributed by atoms with Crippen molar-refractivity contribution in [3.63, 3.8) is 0 Å². The molecule has 9 heteroatoms. The minimum atomic E-state index is -0.822. The van der Waals surface area contributed by atoms with Crippen molar-refractivity contribution < 1.29 is 33.3 Å². The van der Waals surface area contributed by atoms with Crippen molar-refractivity contribution in [3.05, 3.63) is 66.2 Å². The van der Waals surface area contributed by atoms with E-state index >= 15 is 0 Å². The first-order chi connectivity index (χ1) is 17.7. The molecule has 0 spiro atoms. The van der Waals surface area contributed by atoms with E-state index in [-0.39, 0.29) is 19.1 Å². The first kappa shape index (κ1) is 24.4. The number of anilines is 1. The van der Waals surface area contributed by atoms with E-state index in [1.807, 2.05) is 88.4 Å². The molecule has 0 N–H and O–H groups in total. The number of rotatable bonds is 5. The summed E-state index contributed by atoms with van der Waals surface area (Å²) in [5.74, 6) is -1.80. The smallest absolute Gasteiger partial charge is 0.411 e. The fourth-order valence-electron chi connectivity index (χ4n) is 5.88. The number of hydrogen-bond acceptors (Lipinski definition) is 7. The van der Waals surface area contributed by atoms with Crippen LogP contribution in [0, 0.1) is 0 Å². The molecule has 4 saturated heterocycles. The van der Waals surface area contributed by atoms with E-state index in [2.05, 4.69) is 0 Å². The van der Waals surface area contributed by atoms with Gasteiger partial charge in [0, 0.05) is 5.69 Å². The molecule has 2 aromatic rings. The van der Waals surface area contributed by atoms with E-state index in [0.29, 0.717) is 0 Å². The summed E-state index contributed by atoms with van der Waals surface area (Å²) in [5.41, 5.74) is 1.70. The fourth-order valence-corrected chi connectivity index (χ4v) is 5.88. The molecule has 37 heavy (non-hydrogen) atoms. The summed E-state index contributed by atoms with van der Waals surface area (Å²) in [4.78, 5) is 30.7. The summed E-state index contributed by atoms with van der Waals surface area (Å²) in [6.45, 7) is 7.85. The standard InChI is InChI=1S/C28H32N2O7/c1-27(2)33-15-19(36-27)22-24(20-16-34-28(3,4)37-20)35-26(32)30(22)23-21(17-11-7-5-8-12-17)29(25(23)31)18-13-9-6-10-14-18/h5-14,19-24H,15-16H2,1-4H3/t19-,20-,21+,22-,23+,24-/m1/s1. The molecule has 0 aliphatic carbocycles. The van der Waals surface area contributed by atoms with Gasteiger partial charge in [-0.15, -0.1) is 0 Å². The van der Waals surface area contributed by atoms with Gasteiger partial charge in [0.1, 0.15) is 24.3 Å². The molecule has 4 heterocycles. The number of β-lactam (4-membered cyclic amide) rings is 1. The average Bonchev–Trinajstić information content (AvgIpc) is 3.52.